The van der Waals surface area contributed by atoms with Crippen molar-refractivity contribution in [3.8, 4) is 5.75 Å². The van der Waals surface area contributed by atoms with Crippen molar-refractivity contribution in [2.45, 2.75) is 20.0 Å². The zero-order valence-electron chi connectivity index (χ0n) is 13.6. The van der Waals surface area contributed by atoms with E-state index in [1.54, 1.807) is 48.5 Å². The van der Waals surface area contributed by atoms with Crippen LogP contribution in [0.2, 0.25) is 5.02 Å². The lowest BCUT2D eigenvalue weighted by atomic mass is 10.1. The quantitative estimate of drug-likeness (QED) is 0.730. The summed E-state index contributed by atoms with van der Waals surface area (Å²) in [5.41, 5.74) is 1.02. The zero-order chi connectivity index (χ0) is 18.1. The Morgan fingerprint density at radius 3 is 2.16 bits per heavy atom. The van der Waals surface area contributed by atoms with Crippen molar-refractivity contribution in [2.24, 2.45) is 0 Å². The monoisotopic (exact) mass is 375 g/mol. The van der Waals surface area contributed by atoms with Crippen LogP contribution in [0.3, 0.4) is 0 Å². The average molecular weight is 376 g/mol. The van der Waals surface area contributed by atoms with E-state index >= 15 is 0 Å². The predicted octanol–water partition coefficient (Wildman–Crippen LogP) is 4.65. The molecule has 6 heteroatoms. The number of imide groups is 1. The van der Waals surface area contributed by atoms with Gasteiger partial charge in [-0.2, -0.15) is 0 Å². The summed E-state index contributed by atoms with van der Waals surface area (Å²) in [6.45, 7) is 3.85. The van der Waals surface area contributed by atoms with Gasteiger partial charge in [-0.3, -0.25) is 9.59 Å². The van der Waals surface area contributed by atoms with Gasteiger partial charge in [0.25, 0.3) is 11.8 Å². The molecular formula is C19H15Cl2NO3. The molecule has 3 rings (SSSR count). The molecular weight excluding hydrogens is 361 g/mol. The van der Waals surface area contributed by atoms with Crippen LogP contribution in [0.15, 0.2) is 53.6 Å². The predicted molar refractivity (Wildman–Crippen MR) is 98.9 cm³/mol. The summed E-state index contributed by atoms with van der Waals surface area (Å²) in [4.78, 5) is 26.3. The van der Waals surface area contributed by atoms with Gasteiger partial charge in [0.1, 0.15) is 10.8 Å². The molecule has 1 heterocycles. The fourth-order valence-electron chi connectivity index (χ4n) is 2.58. The summed E-state index contributed by atoms with van der Waals surface area (Å²) in [5, 5.41) is 0.179. The van der Waals surface area contributed by atoms with E-state index in [2.05, 4.69) is 0 Å². The number of benzene rings is 2. The fourth-order valence-corrected chi connectivity index (χ4v) is 3.07. The molecule has 0 atom stereocenters. The highest BCUT2D eigenvalue weighted by Gasteiger charge is 2.39. The van der Waals surface area contributed by atoms with E-state index in [0.717, 1.165) is 4.90 Å². The molecule has 1 aliphatic heterocycles. The molecule has 25 heavy (non-hydrogen) atoms. The minimum atomic E-state index is -0.586. The Morgan fingerprint density at radius 1 is 0.920 bits per heavy atom. The highest BCUT2D eigenvalue weighted by atomic mass is 35.5. The van der Waals surface area contributed by atoms with Crippen molar-refractivity contribution >= 4 is 46.3 Å². The fraction of sp³-hybridized carbons (Fsp3) is 0.158. The van der Waals surface area contributed by atoms with Crippen LogP contribution in [0.1, 0.15) is 19.4 Å². The number of halogens is 2. The lowest BCUT2D eigenvalue weighted by molar-refractivity contribution is -0.119. The molecule has 2 amide bonds. The molecule has 0 N–H and O–H groups in total. The van der Waals surface area contributed by atoms with Crippen LogP contribution in [0, 0.1) is 0 Å². The summed E-state index contributed by atoms with van der Waals surface area (Å²) < 4.78 is 5.58. The van der Waals surface area contributed by atoms with Crippen molar-refractivity contribution in [1.29, 1.82) is 0 Å². The van der Waals surface area contributed by atoms with Crippen LogP contribution in [-0.2, 0) is 9.59 Å². The Balaban J connectivity index is 1.96. The Labute approximate surface area is 155 Å². The van der Waals surface area contributed by atoms with Crippen LogP contribution in [-0.4, -0.2) is 17.9 Å². The summed E-state index contributed by atoms with van der Waals surface area (Å²) in [6.07, 6.45) is 0.0408. The number of nitrogens with zero attached hydrogens (tertiary/aromatic N) is 1. The Kier molecular flexibility index (Phi) is 4.84. The summed E-state index contributed by atoms with van der Waals surface area (Å²) in [6, 6.07) is 13.5. The maximum atomic E-state index is 12.8. The van der Waals surface area contributed by atoms with E-state index in [9.17, 15) is 9.59 Å². The second-order valence-corrected chi connectivity index (χ2v) is 6.56. The van der Waals surface area contributed by atoms with Crippen molar-refractivity contribution < 1.29 is 14.3 Å². The number of para-hydroxylation sites is 1. The first kappa shape index (κ1) is 17.5. The topological polar surface area (TPSA) is 46.6 Å². The van der Waals surface area contributed by atoms with Gasteiger partial charge in [0.15, 0.2) is 0 Å². The van der Waals surface area contributed by atoms with E-state index in [1.165, 1.54) is 0 Å². The number of hydrogen-bond donors (Lipinski definition) is 0. The summed E-state index contributed by atoms with van der Waals surface area (Å²) in [7, 11) is 0. The minimum absolute atomic E-state index is 0.0408. The third-order valence-corrected chi connectivity index (χ3v) is 4.31. The van der Waals surface area contributed by atoms with Gasteiger partial charge in [0.2, 0.25) is 0 Å². The molecule has 0 bridgehead atoms. The van der Waals surface area contributed by atoms with Crippen LogP contribution in [0.4, 0.5) is 5.69 Å². The smallest absolute Gasteiger partial charge is 0.277 e. The molecule has 0 saturated carbocycles. The molecule has 4 nitrogen and oxygen atoms in total. The number of rotatable bonds is 4. The van der Waals surface area contributed by atoms with Crippen LogP contribution in [0.5, 0.6) is 5.75 Å². The average Bonchev–Trinajstić information content (AvgIpc) is 2.79. The van der Waals surface area contributed by atoms with E-state index in [4.69, 9.17) is 27.9 Å². The number of amides is 2. The number of carbonyl (C=O) groups excluding carboxylic acids is 2. The maximum absolute atomic E-state index is 12.8. The van der Waals surface area contributed by atoms with Crippen LogP contribution in [0.25, 0.3) is 5.57 Å². The molecule has 128 valence electrons. The van der Waals surface area contributed by atoms with Gasteiger partial charge < -0.3 is 4.74 Å². The lowest BCUT2D eigenvalue weighted by Gasteiger charge is -2.16. The maximum Gasteiger partial charge on any atom is 0.277 e. The van der Waals surface area contributed by atoms with E-state index in [0.29, 0.717) is 22.0 Å². The molecule has 0 aromatic heterocycles. The largest absolute Gasteiger partial charge is 0.491 e. The number of anilines is 1. The number of ether oxygens (including phenoxy) is 1. The van der Waals surface area contributed by atoms with Crippen molar-refractivity contribution in [3.05, 3.63) is 64.1 Å². The Bertz CT molecular complexity index is 872. The van der Waals surface area contributed by atoms with E-state index in [-0.39, 0.29) is 16.7 Å². The summed E-state index contributed by atoms with van der Waals surface area (Å²) in [5.74, 6) is -0.409. The summed E-state index contributed by atoms with van der Waals surface area (Å²) >= 11 is 12.3. The van der Waals surface area contributed by atoms with Gasteiger partial charge in [0.05, 0.1) is 22.4 Å². The number of hydrogen-bond acceptors (Lipinski definition) is 3. The first-order chi connectivity index (χ1) is 11.9. The van der Waals surface area contributed by atoms with E-state index < -0.39 is 11.8 Å². The third kappa shape index (κ3) is 3.28. The van der Waals surface area contributed by atoms with Gasteiger partial charge in [-0.15, -0.1) is 0 Å². The molecule has 0 spiro atoms. The van der Waals surface area contributed by atoms with Gasteiger partial charge >= 0.3 is 0 Å². The normalized spacial score (nSPS) is 14.7. The Hall–Kier alpha value is -2.30. The van der Waals surface area contributed by atoms with Gasteiger partial charge in [-0.25, -0.2) is 4.90 Å². The molecule has 2 aromatic rings. The first-order valence-corrected chi connectivity index (χ1v) is 8.46. The van der Waals surface area contributed by atoms with Crippen molar-refractivity contribution in [3.63, 3.8) is 0 Å². The molecule has 0 fully saturated rings. The second-order valence-electron chi connectivity index (χ2n) is 5.78. The third-order valence-electron chi connectivity index (χ3n) is 3.64. The van der Waals surface area contributed by atoms with Crippen molar-refractivity contribution in [1.82, 2.24) is 0 Å². The van der Waals surface area contributed by atoms with Gasteiger partial charge in [0, 0.05) is 0 Å². The van der Waals surface area contributed by atoms with Gasteiger partial charge in [-0.05, 0) is 43.7 Å². The molecule has 1 aliphatic rings. The van der Waals surface area contributed by atoms with Gasteiger partial charge in [-0.1, -0.05) is 47.5 Å². The molecule has 0 aliphatic carbocycles. The van der Waals surface area contributed by atoms with Crippen molar-refractivity contribution in [2.75, 3.05) is 4.90 Å². The highest BCUT2D eigenvalue weighted by Crippen LogP contribution is 2.37. The highest BCUT2D eigenvalue weighted by molar-refractivity contribution is 6.60. The standard InChI is InChI=1S/C19H15Cl2NO3/c1-11(2)25-13-9-7-12(8-10-13)16-17(21)19(24)22(18(16)23)15-6-4-3-5-14(15)20/h3-11H,1-2H3. The minimum Gasteiger partial charge on any atom is -0.491 e. The van der Waals surface area contributed by atoms with Crippen LogP contribution < -0.4 is 9.64 Å². The molecule has 0 radical (unpaired) electrons. The second kappa shape index (κ2) is 6.90. The molecule has 0 saturated heterocycles. The first-order valence-electron chi connectivity index (χ1n) is 7.70. The van der Waals surface area contributed by atoms with Crippen LogP contribution >= 0.6 is 23.2 Å². The Morgan fingerprint density at radius 2 is 1.56 bits per heavy atom. The zero-order valence-corrected chi connectivity index (χ0v) is 15.1. The lowest BCUT2D eigenvalue weighted by Crippen LogP contribution is -2.31. The van der Waals surface area contributed by atoms with E-state index in [1.807, 2.05) is 13.8 Å². The molecule has 0 unspecified atom stereocenters. The SMILES string of the molecule is CC(C)Oc1ccc(C2=C(Cl)C(=O)N(c3ccccc3Cl)C2=O)cc1. The number of carbonyl (C=O) groups is 2. The molecule has 2 aromatic carbocycles.